The summed E-state index contributed by atoms with van der Waals surface area (Å²) in [6, 6.07) is 19.1. The summed E-state index contributed by atoms with van der Waals surface area (Å²) in [6.07, 6.45) is 3.79. The van der Waals surface area contributed by atoms with Crippen LogP contribution >= 0.6 is 43.6 Å². The number of imide groups is 1. The van der Waals surface area contributed by atoms with Crippen molar-refractivity contribution in [3.8, 4) is 17.2 Å². The van der Waals surface area contributed by atoms with Gasteiger partial charge in [0.05, 0.1) is 18.0 Å². The molecule has 0 unspecified atom stereocenters. The molecule has 1 fully saturated rings. The maximum Gasteiger partial charge on any atom is 0.293 e. The normalized spacial score (nSPS) is 15.7. The third kappa shape index (κ3) is 5.08. The quantitative estimate of drug-likeness (QED) is 0.196. The molecule has 2 amide bonds. The van der Waals surface area contributed by atoms with Gasteiger partial charge in [0.2, 0.25) is 6.79 Å². The summed E-state index contributed by atoms with van der Waals surface area (Å²) in [5, 5.41) is 0.702. The highest BCUT2D eigenvalue weighted by Crippen LogP contribution is 2.37. The van der Waals surface area contributed by atoms with Crippen molar-refractivity contribution in [2.45, 2.75) is 13.1 Å². The molecular formula is C28H20Br2N2O5S. The predicted molar refractivity (Wildman–Crippen MR) is 153 cm³/mol. The molecule has 0 aliphatic carbocycles. The van der Waals surface area contributed by atoms with Crippen LogP contribution in [0.25, 0.3) is 17.0 Å². The molecule has 192 valence electrons. The molecule has 6 rings (SSSR count). The fourth-order valence-electron chi connectivity index (χ4n) is 4.38. The minimum absolute atomic E-state index is 0.219. The molecule has 3 heterocycles. The maximum atomic E-state index is 13.2. The van der Waals surface area contributed by atoms with Gasteiger partial charge in [-0.2, -0.15) is 0 Å². The van der Waals surface area contributed by atoms with E-state index < -0.39 is 0 Å². The average molecular weight is 656 g/mol. The highest BCUT2D eigenvalue weighted by atomic mass is 79.9. The Morgan fingerprint density at radius 1 is 0.947 bits per heavy atom. The lowest BCUT2D eigenvalue weighted by atomic mass is 10.1. The van der Waals surface area contributed by atoms with E-state index >= 15 is 0 Å². The summed E-state index contributed by atoms with van der Waals surface area (Å²) in [5.41, 5.74) is 2.75. The Bertz CT molecular complexity index is 1600. The molecule has 4 aromatic rings. The third-order valence-electron chi connectivity index (χ3n) is 6.23. The van der Waals surface area contributed by atoms with Crippen LogP contribution in [0, 0.1) is 0 Å². The smallest absolute Gasteiger partial charge is 0.293 e. The molecule has 0 N–H and O–H groups in total. The minimum atomic E-state index is -0.287. The molecule has 7 nitrogen and oxygen atoms in total. The van der Waals surface area contributed by atoms with Gasteiger partial charge < -0.3 is 18.8 Å². The van der Waals surface area contributed by atoms with Crippen LogP contribution in [0.2, 0.25) is 0 Å². The highest BCUT2D eigenvalue weighted by Gasteiger charge is 2.35. The number of ether oxygens (including phenoxy) is 3. The van der Waals surface area contributed by atoms with Crippen LogP contribution in [0.3, 0.4) is 0 Å². The number of hydrogen-bond donors (Lipinski definition) is 0. The summed E-state index contributed by atoms with van der Waals surface area (Å²) in [4.78, 5) is 27.6. The fourth-order valence-corrected chi connectivity index (χ4v) is 5.83. The number of rotatable bonds is 7. The Morgan fingerprint density at radius 2 is 1.74 bits per heavy atom. The summed E-state index contributed by atoms with van der Waals surface area (Å²) in [7, 11) is 0. The first-order valence-corrected chi connectivity index (χ1v) is 14.2. The first-order valence-electron chi connectivity index (χ1n) is 11.8. The Labute approximate surface area is 239 Å². The molecule has 0 spiro atoms. The van der Waals surface area contributed by atoms with Gasteiger partial charge in [-0.3, -0.25) is 14.5 Å². The zero-order valence-corrected chi connectivity index (χ0v) is 23.8. The van der Waals surface area contributed by atoms with E-state index in [1.54, 1.807) is 6.08 Å². The first kappa shape index (κ1) is 25.1. The van der Waals surface area contributed by atoms with Gasteiger partial charge in [-0.05, 0) is 65.9 Å². The molecule has 0 bridgehead atoms. The van der Waals surface area contributed by atoms with Crippen LogP contribution < -0.4 is 14.2 Å². The van der Waals surface area contributed by atoms with E-state index in [0.717, 1.165) is 42.7 Å². The number of benzene rings is 3. The van der Waals surface area contributed by atoms with E-state index in [0.29, 0.717) is 35.3 Å². The zero-order chi connectivity index (χ0) is 26.2. The second-order valence-electron chi connectivity index (χ2n) is 8.70. The van der Waals surface area contributed by atoms with Crippen molar-refractivity contribution in [1.29, 1.82) is 0 Å². The standard InChI is InChI=1S/C28H20Br2N2O5S/c29-19-3-1-17(2-4-19)14-32-27(33)26(38-28(32)34)11-18-15-31(23-7-5-20(30)12-22(18)23)9-10-35-21-6-8-24-25(13-21)37-16-36-24/h1-8,11-13,15H,9-10,14,16H2/b26-11-. The van der Waals surface area contributed by atoms with Gasteiger partial charge in [0, 0.05) is 37.7 Å². The lowest BCUT2D eigenvalue weighted by Crippen LogP contribution is -2.27. The monoisotopic (exact) mass is 654 g/mol. The van der Waals surface area contributed by atoms with Crippen molar-refractivity contribution in [2.75, 3.05) is 13.4 Å². The summed E-state index contributed by atoms with van der Waals surface area (Å²) in [6.45, 7) is 1.48. The molecule has 10 heteroatoms. The van der Waals surface area contributed by atoms with Gasteiger partial charge in [-0.15, -0.1) is 0 Å². The third-order valence-corrected chi connectivity index (χ3v) is 8.16. The highest BCUT2D eigenvalue weighted by molar-refractivity contribution is 9.10. The lowest BCUT2D eigenvalue weighted by molar-refractivity contribution is -0.123. The topological polar surface area (TPSA) is 70.0 Å². The van der Waals surface area contributed by atoms with Gasteiger partial charge >= 0.3 is 0 Å². The zero-order valence-electron chi connectivity index (χ0n) is 19.9. The van der Waals surface area contributed by atoms with Crippen molar-refractivity contribution in [3.05, 3.63) is 91.8 Å². The second-order valence-corrected chi connectivity index (χ2v) is 11.5. The number of fused-ring (bicyclic) bond motifs is 2. The first-order chi connectivity index (χ1) is 18.4. The Kier molecular flexibility index (Phi) is 6.94. The van der Waals surface area contributed by atoms with E-state index in [2.05, 4.69) is 36.4 Å². The largest absolute Gasteiger partial charge is 0.492 e. The molecular weight excluding hydrogens is 636 g/mol. The second kappa shape index (κ2) is 10.5. The number of thioether (sulfide) groups is 1. The van der Waals surface area contributed by atoms with Crippen molar-refractivity contribution in [2.24, 2.45) is 0 Å². The van der Waals surface area contributed by atoms with Crippen LogP contribution in [0.5, 0.6) is 17.2 Å². The maximum absolute atomic E-state index is 13.2. The van der Waals surface area contributed by atoms with Crippen molar-refractivity contribution >= 4 is 71.7 Å². The number of carbonyl (C=O) groups excluding carboxylic acids is 2. The van der Waals surface area contributed by atoms with Gasteiger partial charge in [0.1, 0.15) is 12.4 Å². The molecule has 0 radical (unpaired) electrons. The van der Waals surface area contributed by atoms with Crippen molar-refractivity contribution in [1.82, 2.24) is 9.47 Å². The Hall–Kier alpha value is -3.21. The molecule has 1 saturated heterocycles. The van der Waals surface area contributed by atoms with Gasteiger partial charge in [-0.25, -0.2) is 0 Å². The van der Waals surface area contributed by atoms with Crippen LogP contribution in [0.4, 0.5) is 4.79 Å². The van der Waals surface area contributed by atoms with E-state index in [4.69, 9.17) is 14.2 Å². The molecule has 2 aliphatic heterocycles. The lowest BCUT2D eigenvalue weighted by Gasteiger charge is -2.12. The fraction of sp³-hybridized carbons (Fsp3) is 0.143. The number of carbonyl (C=O) groups is 2. The van der Waals surface area contributed by atoms with E-state index in [9.17, 15) is 9.59 Å². The number of aromatic nitrogens is 1. The van der Waals surface area contributed by atoms with Gasteiger partial charge in [0.25, 0.3) is 11.1 Å². The van der Waals surface area contributed by atoms with E-state index in [1.807, 2.05) is 66.9 Å². The van der Waals surface area contributed by atoms with Gasteiger partial charge in [0.15, 0.2) is 11.5 Å². The number of nitrogens with zero attached hydrogens (tertiary/aromatic N) is 2. The number of halogens is 2. The number of hydrogen-bond acceptors (Lipinski definition) is 6. The molecule has 3 aromatic carbocycles. The minimum Gasteiger partial charge on any atom is -0.492 e. The molecule has 2 aliphatic rings. The van der Waals surface area contributed by atoms with Crippen LogP contribution in [0.1, 0.15) is 11.1 Å². The van der Waals surface area contributed by atoms with Crippen LogP contribution in [-0.4, -0.2) is 34.0 Å². The number of amides is 2. The summed E-state index contributed by atoms with van der Waals surface area (Å²) in [5.74, 6) is 1.80. The SMILES string of the molecule is O=C1S/C(=C\c2cn(CCOc3ccc4c(c3)OCO4)c3ccc(Br)cc23)C(=O)N1Cc1ccc(Br)cc1. The van der Waals surface area contributed by atoms with Crippen LogP contribution in [0.15, 0.2) is 80.7 Å². The van der Waals surface area contributed by atoms with Crippen LogP contribution in [-0.2, 0) is 17.9 Å². The molecule has 0 saturated carbocycles. The summed E-state index contributed by atoms with van der Waals surface area (Å²) < 4.78 is 20.7. The van der Waals surface area contributed by atoms with Crippen molar-refractivity contribution in [3.63, 3.8) is 0 Å². The van der Waals surface area contributed by atoms with E-state index in [1.165, 1.54) is 4.90 Å². The Morgan fingerprint density at radius 3 is 2.58 bits per heavy atom. The molecule has 0 atom stereocenters. The van der Waals surface area contributed by atoms with Gasteiger partial charge in [-0.1, -0.05) is 44.0 Å². The Balaban J connectivity index is 1.22. The summed E-state index contributed by atoms with van der Waals surface area (Å²) >= 11 is 7.93. The molecule has 1 aromatic heterocycles. The van der Waals surface area contributed by atoms with E-state index in [-0.39, 0.29) is 24.5 Å². The molecule has 38 heavy (non-hydrogen) atoms. The van der Waals surface area contributed by atoms with Crippen molar-refractivity contribution < 1.29 is 23.8 Å². The predicted octanol–water partition coefficient (Wildman–Crippen LogP) is 7.21. The average Bonchev–Trinajstić information content (AvgIpc) is 3.58.